The molecule has 6 aliphatic carbocycles. The first-order valence-electron chi connectivity index (χ1n) is 8.87. The Bertz CT molecular complexity index is 423. The first kappa shape index (κ1) is 11.4. The van der Waals surface area contributed by atoms with Gasteiger partial charge in [-0.1, -0.05) is 25.0 Å². The van der Waals surface area contributed by atoms with Crippen LogP contribution in [0, 0.1) is 40.9 Å². The maximum atomic E-state index is 2.59. The Hall–Kier alpha value is -0.260. The summed E-state index contributed by atoms with van der Waals surface area (Å²) in [6.07, 6.45) is 12.5. The molecule has 0 heteroatoms. The first-order valence-corrected chi connectivity index (χ1v) is 8.87. The van der Waals surface area contributed by atoms with Crippen molar-refractivity contribution in [2.24, 2.45) is 40.9 Å². The van der Waals surface area contributed by atoms with Crippen LogP contribution < -0.4 is 0 Å². The van der Waals surface area contributed by atoms with Gasteiger partial charge in [0.05, 0.1) is 0 Å². The largest absolute Gasteiger partial charge is 0.0639 e. The zero-order valence-electron chi connectivity index (χ0n) is 12.6. The molecule has 0 aliphatic heterocycles. The van der Waals surface area contributed by atoms with Crippen LogP contribution >= 0.6 is 0 Å². The van der Waals surface area contributed by atoms with Crippen LogP contribution in [0.1, 0.15) is 65.2 Å². The van der Waals surface area contributed by atoms with E-state index < -0.39 is 0 Å². The zero-order chi connectivity index (χ0) is 12.8. The minimum absolute atomic E-state index is 0.563. The van der Waals surface area contributed by atoms with Gasteiger partial charge in [0.25, 0.3) is 0 Å². The molecule has 6 rings (SSSR count). The number of hydrogen-bond donors (Lipinski definition) is 0. The average Bonchev–Trinajstić information content (AvgIpc) is 2.89. The molecule has 0 saturated heterocycles. The highest BCUT2D eigenvalue weighted by atomic mass is 14.6. The summed E-state index contributed by atoms with van der Waals surface area (Å²) in [5, 5.41) is 0. The van der Waals surface area contributed by atoms with E-state index in [-0.39, 0.29) is 0 Å². The van der Waals surface area contributed by atoms with Gasteiger partial charge in [-0.2, -0.15) is 0 Å². The molecule has 0 amide bonds. The third-order valence-corrected chi connectivity index (χ3v) is 7.88. The molecular formula is C19H28. The monoisotopic (exact) mass is 256 g/mol. The molecule has 0 heterocycles. The van der Waals surface area contributed by atoms with Crippen LogP contribution in [0.2, 0.25) is 0 Å². The van der Waals surface area contributed by atoms with Gasteiger partial charge >= 0.3 is 0 Å². The van der Waals surface area contributed by atoms with Crippen molar-refractivity contribution < 1.29 is 0 Å². The summed E-state index contributed by atoms with van der Waals surface area (Å²) in [4.78, 5) is 0. The lowest BCUT2D eigenvalue weighted by atomic mass is 9.51. The molecule has 0 spiro atoms. The van der Waals surface area contributed by atoms with E-state index in [1.165, 1.54) is 19.3 Å². The van der Waals surface area contributed by atoms with E-state index in [2.05, 4.69) is 13.8 Å². The molecule has 0 aromatic heterocycles. The Morgan fingerprint density at radius 3 is 1.89 bits per heavy atom. The van der Waals surface area contributed by atoms with E-state index in [1.54, 1.807) is 32.1 Å². The van der Waals surface area contributed by atoms with E-state index in [4.69, 9.17) is 0 Å². The molecule has 2 unspecified atom stereocenters. The molecule has 104 valence electrons. The summed E-state index contributed by atoms with van der Waals surface area (Å²) >= 11 is 0. The van der Waals surface area contributed by atoms with Crippen LogP contribution in [-0.4, -0.2) is 0 Å². The predicted molar refractivity (Wildman–Crippen MR) is 78.7 cm³/mol. The van der Waals surface area contributed by atoms with Crippen LogP contribution in [-0.2, 0) is 0 Å². The lowest BCUT2D eigenvalue weighted by molar-refractivity contribution is 0.0646. The molecule has 0 nitrogen and oxygen atoms in total. The highest BCUT2D eigenvalue weighted by molar-refractivity contribution is 5.36. The van der Waals surface area contributed by atoms with Crippen LogP contribution in [0.15, 0.2) is 11.1 Å². The molecule has 0 N–H and O–H groups in total. The minimum atomic E-state index is 0.563. The number of fused-ring (bicyclic) bond motifs is 2. The van der Waals surface area contributed by atoms with Crippen molar-refractivity contribution in [1.29, 1.82) is 0 Å². The third-order valence-electron chi connectivity index (χ3n) is 7.88. The van der Waals surface area contributed by atoms with Gasteiger partial charge in [0, 0.05) is 0 Å². The maximum Gasteiger partial charge on any atom is -0.0111 e. The van der Waals surface area contributed by atoms with Gasteiger partial charge in [-0.15, -0.1) is 0 Å². The quantitative estimate of drug-likeness (QED) is 0.523. The highest BCUT2D eigenvalue weighted by Crippen LogP contribution is 2.65. The molecule has 2 atom stereocenters. The van der Waals surface area contributed by atoms with Gasteiger partial charge in [-0.25, -0.2) is 0 Å². The average molecular weight is 256 g/mol. The molecular weight excluding hydrogens is 228 g/mol. The second kappa shape index (κ2) is 3.49. The first-order chi connectivity index (χ1) is 9.13. The van der Waals surface area contributed by atoms with E-state index in [0.717, 1.165) is 35.5 Å². The Balaban J connectivity index is 1.63. The molecule has 19 heavy (non-hydrogen) atoms. The van der Waals surface area contributed by atoms with Crippen molar-refractivity contribution >= 4 is 0 Å². The smallest absolute Gasteiger partial charge is 0.0111 e. The topological polar surface area (TPSA) is 0 Å². The van der Waals surface area contributed by atoms with Gasteiger partial charge in [-0.05, 0) is 92.3 Å². The van der Waals surface area contributed by atoms with E-state index in [0.29, 0.717) is 5.41 Å². The Labute approximate surface area is 118 Å². The third kappa shape index (κ3) is 1.37. The Morgan fingerprint density at radius 2 is 1.37 bits per heavy atom. The highest BCUT2D eigenvalue weighted by Gasteiger charge is 2.54. The predicted octanol–water partition coefficient (Wildman–Crippen LogP) is 5.20. The molecule has 6 fully saturated rings. The fourth-order valence-electron chi connectivity index (χ4n) is 7.38. The van der Waals surface area contributed by atoms with Crippen molar-refractivity contribution in [2.75, 3.05) is 0 Å². The number of rotatable bonds is 0. The lowest BCUT2D eigenvalue weighted by Crippen LogP contribution is -2.42. The van der Waals surface area contributed by atoms with Crippen LogP contribution in [0.5, 0.6) is 0 Å². The zero-order valence-corrected chi connectivity index (χ0v) is 12.6. The van der Waals surface area contributed by atoms with Gasteiger partial charge in [-0.3, -0.25) is 0 Å². The lowest BCUT2D eigenvalue weighted by Gasteiger charge is -2.54. The summed E-state index contributed by atoms with van der Waals surface area (Å²) in [7, 11) is 0. The Morgan fingerprint density at radius 1 is 0.737 bits per heavy atom. The fourth-order valence-corrected chi connectivity index (χ4v) is 7.38. The van der Waals surface area contributed by atoms with Gasteiger partial charge < -0.3 is 0 Å². The normalized spacial score (nSPS) is 53.4. The van der Waals surface area contributed by atoms with Crippen molar-refractivity contribution in [3.05, 3.63) is 11.1 Å². The van der Waals surface area contributed by atoms with Crippen LogP contribution in [0.25, 0.3) is 0 Å². The standard InChI is InChI=1S/C19H28/c1-19(2)16-4-3-13(10-16)18(19)17-14-6-11-5-12(8-14)9-15(17)7-11/h11-16H,3-10H2,1-2H3. The maximum absolute atomic E-state index is 2.59. The molecule has 6 bridgehead atoms. The molecule has 0 aromatic carbocycles. The van der Waals surface area contributed by atoms with Crippen molar-refractivity contribution in [3.63, 3.8) is 0 Å². The van der Waals surface area contributed by atoms with Crippen molar-refractivity contribution in [3.8, 4) is 0 Å². The van der Waals surface area contributed by atoms with E-state index in [1.807, 2.05) is 11.1 Å². The molecule has 6 saturated carbocycles. The van der Waals surface area contributed by atoms with Crippen LogP contribution in [0.3, 0.4) is 0 Å². The van der Waals surface area contributed by atoms with Gasteiger partial charge in [0.15, 0.2) is 0 Å². The molecule has 0 radical (unpaired) electrons. The summed E-state index contributed by atoms with van der Waals surface area (Å²) < 4.78 is 0. The van der Waals surface area contributed by atoms with Crippen molar-refractivity contribution in [1.82, 2.24) is 0 Å². The minimum Gasteiger partial charge on any atom is -0.0639 e. The van der Waals surface area contributed by atoms with E-state index >= 15 is 0 Å². The van der Waals surface area contributed by atoms with Gasteiger partial charge in [0.2, 0.25) is 0 Å². The second-order valence-corrected chi connectivity index (χ2v) is 9.10. The summed E-state index contributed by atoms with van der Waals surface area (Å²) in [6.45, 7) is 5.18. The Kier molecular flexibility index (Phi) is 2.10. The van der Waals surface area contributed by atoms with E-state index in [9.17, 15) is 0 Å². The molecule has 0 aromatic rings. The van der Waals surface area contributed by atoms with Crippen molar-refractivity contribution in [2.45, 2.75) is 65.2 Å². The molecule has 6 aliphatic rings. The van der Waals surface area contributed by atoms with Crippen LogP contribution in [0.4, 0.5) is 0 Å². The number of hydrogen-bond acceptors (Lipinski definition) is 0. The van der Waals surface area contributed by atoms with Gasteiger partial charge in [0.1, 0.15) is 0 Å². The SMILES string of the molecule is CC1(C)C(=C2C3CC4CC(C3)CC2C4)C2CCC1C2. The number of allylic oxidation sites excluding steroid dienone is 2. The summed E-state index contributed by atoms with van der Waals surface area (Å²) in [5.74, 6) is 6.33. The summed E-state index contributed by atoms with van der Waals surface area (Å²) in [5.41, 5.74) is 4.62. The second-order valence-electron chi connectivity index (χ2n) is 9.10. The summed E-state index contributed by atoms with van der Waals surface area (Å²) in [6, 6.07) is 0. The fraction of sp³-hybridized carbons (Fsp3) is 0.895.